The molecule has 0 saturated carbocycles. The molecule has 0 N–H and O–H groups in total. The number of fused-ring (bicyclic) bond motifs is 1. The number of hydrogen-bond donors (Lipinski definition) is 0. The van der Waals surface area contributed by atoms with E-state index in [1.807, 2.05) is 39.9 Å². The molecule has 0 amide bonds. The van der Waals surface area contributed by atoms with Crippen molar-refractivity contribution in [1.82, 2.24) is 14.7 Å². The predicted octanol–water partition coefficient (Wildman–Crippen LogP) is 4.34. The summed E-state index contributed by atoms with van der Waals surface area (Å²) in [5, 5.41) is 15.8. The van der Waals surface area contributed by atoms with Crippen LogP contribution in [0.15, 0.2) is 48.5 Å². The number of benzene rings is 2. The quantitative estimate of drug-likeness (QED) is 0.654. The highest BCUT2D eigenvalue weighted by Gasteiger charge is 2.25. The first-order chi connectivity index (χ1) is 11.8. The monoisotopic (exact) mass is 336 g/mol. The summed E-state index contributed by atoms with van der Waals surface area (Å²) in [5.41, 5.74) is 3.09. The highest BCUT2D eigenvalue weighted by Crippen LogP contribution is 2.34. The molecule has 4 rings (SSSR count). The van der Waals surface area contributed by atoms with Crippen LogP contribution in [-0.2, 0) is 0 Å². The largest absolute Gasteiger partial charge is 0.311 e. The van der Waals surface area contributed by atoms with Crippen LogP contribution in [0.25, 0.3) is 16.6 Å². The van der Waals surface area contributed by atoms with Gasteiger partial charge in [0.2, 0.25) is 0 Å². The fourth-order valence-corrected chi connectivity index (χ4v) is 3.67. The van der Waals surface area contributed by atoms with Gasteiger partial charge in [0.05, 0.1) is 21.9 Å². The standard InChI is InChI=1S/C19H17ClN4/c20-16-6-2-4-8-18(16)24-17-7-3-1-5-15(17)19(22-24)14-9-11-23(13-21)12-10-14/h1-8,14H,9-12H2. The molecular weight excluding hydrogens is 320 g/mol. The molecule has 0 radical (unpaired) electrons. The van der Waals surface area contributed by atoms with E-state index in [4.69, 9.17) is 22.0 Å². The molecule has 1 saturated heterocycles. The number of para-hydroxylation sites is 2. The minimum atomic E-state index is 0.378. The fraction of sp³-hybridized carbons (Fsp3) is 0.263. The second kappa shape index (κ2) is 6.18. The smallest absolute Gasteiger partial charge is 0.179 e. The maximum Gasteiger partial charge on any atom is 0.179 e. The molecule has 2 heterocycles. The number of aromatic nitrogens is 2. The minimum Gasteiger partial charge on any atom is -0.311 e. The first-order valence-electron chi connectivity index (χ1n) is 8.15. The minimum absolute atomic E-state index is 0.378. The molecule has 1 aliphatic rings. The lowest BCUT2D eigenvalue weighted by atomic mass is 9.92. The van der Waals surface area contributed by atoms with Gasteiger partial charge in [-0.2, -0.15) is 10.4 Å². The molecule has 0 atom stereocenters. The summed E-state index contributed by atoms with van der Waals surface area (Å²) in [7, 11) is 0. The van der Waals surface area contributed by atoms with E-state index in [1.165, 1.54) is 5.39 Å². The average molecular weight is 337 g/mol. The average Bonchev–Trinajstić information content (AvgIpc) is 3.02. The van der Waals surface area contributed by atoms with Crippen LogP contribution in [0, 0.1) is 11.5 Å². The van der Waals surface area contributed by atoms with Crippen molar-refractivity contribution in [2.24, 2.45) is 0 Å². The number of rotatable bonds is 2. The highest BCUT2D eigenvalue weighted by atomic mass is 35.5. The van der Waals surface area contributed by atoms with E-state index in [1.54, 1.807) is 0 Å². The van der Waals surface area contributed by atoms with Gasteiger partial charge in [0.15, 0.2) is 6.19 Å². The van der Waals surface area contributed by atoms with E-state index in [0.717, 1.165) is 42.8 Å². The summed E-state index contributed by atoms with van der Waals surface area (Å²) in [6.45, 7) is 1.60. The fourth-order valence-electron chi connectivity index (χ4n) is 3.45. The molecule has 2 aromatic carbocycles. The lowest BCUT2D eigenvalue weighted by Gasteiger charge is -2.27. The van der Waals surface area contributed by atoms with Gasteiger partial charge in [0.1, 0.15) is 0 Å². The van der Waals surface area contributed by atoms with Gasteiger partial charge < -0.3 is 4.90 Å². The first-order valence-corrected chi connectivity index (χ1v) is 8.53. The van der Waals surface area contributed by atoms with Crippen molar-refractivity contribution in [3.63, 3.8) is 0 Å². The van der Waals surface area contributed by atoms with Crippen molar-refractivity contribution in [2.45, 2.75) is 18.8 Å². The summed E-state index contributed by atoms with van der Waals surface area (Å²) in [5.74, 6) is 0.378. The Kier molecular flexibility index (Phi) is 3.87. The zero-order chi connectivity index (χ0) is 16.5. The number of hydrogen-bond acceptors (Lipinski definition) is 3. The van der Waals surface area contributed by atoms with Crippen LogP contribution in [0.3, 0.4) is 0 Å². The lowest BCUT2D eigenvalue weighted by molar-refractivity contribution is 0.293. The molecule has 0 unspecified atom stereocenters. The molecule has 3 aromatic rings. The Bertz CT molecular complexity index is 917. The van der Waals surface area contributed by atoms with Crippen LogP contribution in [0.4, 0.5) is 0 Å². The molecule has 0 bridgehead atoms. The Hall–Kier alpha value is -2.51. The van der Waals surface area contributed by atoms with Crippen molar-refractivity contribution in [2.75, 3.05) is 13.1 Å². The Morgan fingerprint density at radius 3 is 2.50 bits per heavy atom. The van der Waals surface area contributed by atoms with E-state index in [0.29, 0.717) is 10.9 Å². The van der Waals surface area contributed by atoms with Crippen LogP contribution in [0.1, 0.15) is 24.5 Å². The molecule has 0 aliphatic carbocycles. The Labute approximate surface area is 145 Å². The van der Waals surface area contributed by atoms with Gasteiger partial charge >= 0.3 is 0 Å². The maximum absolute atomic E-state index is 9.04. The summed E-state index contributed by atoms with van der Waals surface area (Å²) < 4.78 is 1.95. The topological polar surface area (TPSA) is 44.9 Å². The molecular formula is C19H17ClN4. The van der Waals surface area contributed by atoms with Crippen molar-refractivity contribution < 1.29 is 0 Å². The zero-order valence-corrected chi connectivity index (χ0v) is 13.9. The van der Waals surface area contributed by atoms with E-state index < -0.39 is 0 Å². The van der Waals surface area contributed by atoms with E-state index in [9.17, 15) is 0 Å². The molecule has 0 spiro atoms. The molecule has 1 aliphatic heterocycles. The summed E-state index contributed by atoms with van der Waals surface area (Å²) in [6.07, 6.45) is 4.15. The molecule has 120 valence electrons. The summed E-state index contributed by atoms with van der Waals surface area (Å²) in [6, 6.07) is 16.1. The number of likely N-dealkylation sites (tertiary alicyclic amines) is 1. The Morgan fingerprint density at radius 2 is 1.75 bits per heavy atom. The van der Waals surface area contributed by atoms with Gasteiger partial charge in [0.25, 0.3) is 0 Å². The normalized spacial score (nSPS) is 15.6. The van der Waals surface area contributed by atoms with E-state index in [2.05, 4.69) is 24.4 Å². The molecule has 4 nitrogen and oxygen atoms in total. The Balaban J connectivity index is 1.81. The second-order valence-corrected chi connectivity index (χ2v) is 6.53. The van der Waals surface area contributed by atoms with Crippen molar-refractivity contribution in [3.05, 3.63) is 59.2 Å². The third-order valence-corrected chi connectivity index (χ3v) is 5.04. The van der Waals surface area contributed by atoms with Crippen LogP contribution >= 0.6 is 11.6 Å². The first kappa shape index (κ1) is 15.0. The summed E-state index contributed by atoms with van der Waals surface area (Å²) in [4.78, 5) is 1.82. The molecule has 1 fully saturated rings. The number of nitriles is 1. The highest BCUT2D eigenvalue weighted by molar-refractivity contribution is 6.32. The van der Waals surface area contributed by atoms with Gasteiger partial charge in [0, 0.05) is 24.4 Å². The van der Waals surface area contributed by atoms with Crippen molar-refractivity contribution >= 4 is 22.5 Å². The number of halogens is 1. The van der Waals surface area contributed by atoms with Crippen LogP contribution < -0.4 is 0 Å². The van der Waals surface area contributed by atoms with Crippen molar-refractivity contribution in [3.8, 4) is 11.9 Å². The van der Waals surface area contributed by atoms with Gasteiger partial charge in [-0.15, -0.1) is 0 Å². The molecule has 1 aromatic heterocycles. The van der Waals surface area contributed by atoms with Crippen LogP contribution in [-0.4, -0.2) is 27.8 Å². The SMILES string of the molecule is N#CN1CCC(c2nn(-c3ccccc3Cl)c3ccccc23)CC1. The summed E-state index contributed by atoms with van der Waals surface area (Å²) >= 11 is 6.39. The second-order valence-electron chi connectivity index (χ2n) is 6.13. The molecule has 24 heavy (non-hydrogen) atoms. The maximum atomic E-state index is 9.04. The number of nitrogens with zero attached hydrogens (tertiary/aromatic N) is 4. The number of piperidine rings is 1. The third-order valence-electron chi connectivity index (χ3n) is 4.72. The van der Waals surface area contributed by atoms with Gasteiger partial charge in [-0.3, -0.25) is 0 Å². The van der Waals surface area contributed by atoms with E-state index in [-0.39, 0.29) is 0 Å². The van der Waals surface area contributed by atoms with Gasteiger partial charge in [-0.05, 0) is 31.0 Å². The zero-order valence-electron chi connectivity index (χ0n) is 13.2. The van der Waals surface area contributed by atoms with Gasteiger partial charge in [-0.1, -0.05) is 41.9 Å². The third kappa shape index (κ3) is 2.51. The lowest BCUT2D eigenvalue weighted by Crippen LogP contribution is -2.29. The van der Waals surface area contributed by atoms with E-state index >= 15 is 0 Å². The van der Waals surface area contributed by atoms with Crippen LogP contribution in [0.2, 0.25) is 5.02 Å². The Morgan fingerprint density at radius 1 is 1.04 bits per heavy atom. The van der Waals surface area contributed by atoms with Crippen LogP contribution in [0.5, 0.6) is 0 Å². The van der Waals surface area contributed by atoms with Gasteiger partial charge in [-0.25, -0.2) is 4.68 Å². The molecule has 5 heteroatoms. The van der Waals surface area contributed by atoms with Crippen molar-refractivity contribution in [1.29, 1.82) is 5.26 Å². The predicted molar refractivity (Wildman–Crippen MR) is 95.2 cm³/mol.